The van der Waals surface area contributed by atoms with E-state index in [1.54, 1.807) is 39.0 Å². The van der Waals surface area contributed by atoms with E-state index in [1.807, 2.05) is 0 Å². The van der Waals surface area contributed by atoms with Crippen molar-refractivity contribution in [3.05, 3.63) is 24.4 Å². The van der Waals surface area contributed by atoms with Crippen LogP contribution in [0.2, 0.25) is 0 Å². The summed E-state index contributed by atoms with van der Waals surface area (Å²) in [5.41, 5.74) is -2.32. The molecule has 3 rings (SSSR count). The van der Waals surface area contributed by atoms with Crippen LogP contribution >= 0.6 is 0 Å². The summed E-state index contributed by atoms with van der Waals surface area (Å²) in [6.07, 6.45) is -3.17. The molecule has 0 spiro atoms. The summed E-state index contributed by atoms with van der Waals surface area (Å²) >= 11 is 0. The first-order valence-corrected chi connectivity index (χ1v) is 11.3. The van der Waals surface area contributed by atoms with Gasteiger partial charge in [-0.15, -0.1) is 0 Å². The van der Waals surface area contributed by atoms with Gasteiger partial charge in [0.2, 0.25) is 5.91 Å². The van der Waals surface area contributed by atoms with Gasteiger partial charge in [0.1, 0.15) is 11.4 Å². The quantitative estimate of drug-likeness (QED) is 0.574. The molecule has 0 atom stereocenters. The molecule has 1 amide bonds. The zero-order valence-corrected chi connectivity index (χ0v) is 19.8. The summed E-state index contributed by atoms with van der Waals surface area (Å²) < 4.78 is 51.5. The van der Waals surface area contributed by atoms with Crippen molar-refractivity contribution in [1.29, 1.82) is 0 Å². The number of anilines is 1. The number of hydrogen-bond donors (Lipinski definition) is 2. The van der Waals surface area contributed by atoms with Gasteiger partial charge in [-0.05, 0) is 77.0 Å². The Morgan fingerprint density at radius 3 is 2.41 bits per heavy atom. The van der Waals surface area contributed by atoms with Crippen molar-refractivity contribution < 1.29 is 37.3 Å². The van der Waals surface area contributed by atoms with Gasteiger partial charge >= 0.3 is 12.3 Å². The van der Waals surface area contributed by atoms with Crippen LogP contribution in [-0.2, 0) is 9.53 Å². The highest BCUT2D eigenvalue weighted by Gasteiger charge is 2.54. The van der Waals surface area contributed by atoms with Crippen molar-refractivity contribution in [2.24, 2.45) is 5.92 Å². The van der Waals surface area contributed by atoms with E-state index >= 15 is 0 Å². The van der Waals surface area contributed by atoms with E-state index in [0.717, 1.165) is 0 Å². The topological polar surface area (TPSA) is 89.8 Å². The first kappa shape index (κ1) is 25.9. The van der Waals surface area contributed by atoms with Crippen molar-refractivity contribution in [3.63, 3.8) is 0 Å². The van der Waals surface area contributed by atoms with Crippen LogP contribution in [0, 0.1) is 5.92 Å². The van der Waals surface area contributed by atoms with E-state index in [9.17, 15) is 27.9 Å². The zero-order chi connectivity index (χ0) is 25.3. The maximum absolute atomic E-state index is 13.0. The monoisotopic (exact) mass is 484 g/mol. The molecule has 0 radical (unpaired) electrons. The van der Waals surface area contributed by atoms with Crippen LogP contribution in [0.5, 0.6) is 5.75 Å². The molecular formula is C24H31F3N2O5. The second-order valence-electron chi connectivity index (χ2n) is 9.86. The average Bonchev–Trinajstić information content (AvgIpc) is 3.05. The average molecular weight is 485 g/mol. The molecule has 0 bridgehead atoms. The molecular weight excluding hydrogens is 453 g/mol. The molecule has 188 valence electrons. The molecule has 2 N–H and O–H groups in total. The fourth-order valence-electron chi connectivity index (χ4n) is 4.12. The van der Waals surface area contributed by atoms with Crippen molar-refractivity contribution in [1.82, 2.24) is 4.57 Å². The molecule has 1 heterocycles. The predicted octanol–water partition coefficient (Wildman–Crippen LogP) is 5.64. The van der Waals surface area contributed by atoms with Gasteiger partial charge in [-0.1, -0.05) is 0 Å². The molecule has 0 unspecified atom stereocenters. The number of fused-ring (bicyclic) bond motifs is 1. The molecule has 7 nitrogen and oxygen atoms in total. The number of carbonyl (C=O) groups excluding carboxylic acids is 2. The number of rotatable bonds is 5. The largest absolute Gasteiger partial charge is 0.494 e. The molecule has 1 saturated carbocycles. The van der Waals surface area contributed by atoms with E-state index < -0.39 is 23.5 Å². The first-order chi connectivity index (χ1) is 15.7. The molecule has 1 aliphatic rings. The van der Waals surface area contributed by atoms with Crippen molar-refractivity contribution in [3.8, 4) is 5.75 Å². The van der Waals surface area contributed by atoms with Crippen LogP contribution in [0.3, 0.4) is 0 Å². The minimum absolute atomic E-state index is 0.0366. The Morgan fingerprint density at radius 1 is 1.21 bits per heavy atom. The fourth-order valence-corrected chi connectivity index (χ4v) is 4.12. The lowest BCUT2D eigenvalue weighted by Crippen LogP contribution is -2.47. The van der Waals surface area contributed by atoms with Gasteiger partial charge in [-0.25, -0.2) is 4.79 Å². The van der Waals surface area contributed by atoms with Gasteiger partial charge < -0.3 is 19.9 Å². The molecule has 1 aliphatic carbocycles. The summed E-state index contributed by atoms with van der Waals surface area (Å²) in [4.78, 5) is 24.3. The molecule has 0 saturated heterocycles. The Hall–Kier alpha value is -2.75. The Labute approximate surface area is 196 Å². The van der Waals surface area contributed by atoms with Gasteiger partial charge in [0.25, 0.3) is 0 Å². The SMILES string of the molecule is CC(=O)Nc1cn(C(=O)OC(C)(C)C)c2ccc(OCCC3CCC(O)(C(F)(F)F)CC3)cc12. The predicted molar refractivity (Wildman–Crippen MR) is 121 cm³/mol. The number of nitrogens with one attached hydrogen (secondary N) is 1. The number of aromatic nitrogens is 1. The number of alkyl halides is 3. The summed E-state index contributed by atoms with van der Waals surface area (Å²) in [5, 5.41) is 13.1. The third kappa shape index (κ3) is 6.02. The standard InChI is InChI=1S/C24H31F3N2O5/c1-15(30)28-19-14-29(21(31)34-22(2,3)4)20-6-5-17(13-18(19)20)33-12-9-16-7-10-23(32,11-8-16)24(25,26)27/h5-6,13-14,16,32H,7-12H2,1-4H3,(H,28,30). The van der Waals surface area contributed by atoms with Gasteiger partial charge in [0.15, 0.2) is 5.60 Å². The number of aliphatic hydroxyl groups is 1. The Bertz CT molecular complexity index is 1050. The molecule has 1 aromatic carbocycles. The normalized spacial score (nSPS) is 21.4. The highest BCUT2D eigenvalue weighted by Crippen LogP contribution is 2.43. The third-order valence-corrected chi connectivity index (χ3v) is 5.93. The number of amides is 1. The van der Waals surface area contributed by atoms with Crippen LogP contribution in [0.4, 0.5) is 23.7 Å². The second-order valence-corrected chi connectivity index (χ2v) is 9.86. The van der Waals surface area contributed by atoms with Crippen molar-refractivity contribution in [2.45, 2.75) is 77.2 Å². The molecule has 10 heteroatoms. The minimum Gasteiger partial charge on any atom is -0.494 e. The summed E-state index contributed by atoms with van der Waals surface area (Å²) in [6, 6.07) is 5.07. The maximum Gasteiger partial charge on any atom is 0.419 e. The maximum atomic E-state index is 13.0. The van der Waals surface area contributed by atoms with Crippen LogP contribution < -0.4 is 10.1 Å². The fraction of sp³-hybridized carbons (Fsp3) is 0.583. The summed E-state index contributed by atoms with van der Waals surface area (Å²) in [7, 11) is 0. The Kier molecular flexibility index (Phi) is 7.21. The highest BCUT2D eigenvalue weighted by molar-refractivity contribution is 6.04. The van der Waals surface area contributed by atoms with E-state index in [0.29, 0.717) is 35.4 Å². The number of ether oxygens (including phenoxy) is 2. The van der Waals surface area contributed by atoms with Gasteiger partial charge in [0.05, 0.1) is 17.8 Å². The van der Waals surface area contributed by atoms with Crippen LogP contribution in [0.25, 0.3) is 10.9 Å². The van der Waals surface area contributed by atoms with Gasteiger partial charge in [0, 0.05) is 18.5 Å². The first-order valence-electron chi connectivity index (χ1n) is 11.3. The third-order valence-electron chi connectivity index (χ3n) is 5.93. The summed E-state index contributed by atoms with van der Waals surface area (Å²) in [5.74, 6) is 0.240. The molecule has 1 fully saturated rings. The Balaban J connectivity index is 1.69. The Morgan fingerprint density at radius 2 is 1.85 bits per heavy atom. The van der Waals surface area contributed by atoms with E-state index in [2.05, 4.69) is 5.32 Å². The molecule has 34 heavy (non-hydrogen) atoms. The zero-order valence-electron chi connectivity index (χ0n) is 19.8. The molecule has 1 aromatic heterocycles. The smallest absolute Gasteiger partial charge is 0.419 e. The van der Waals surface area contributed by atoms with Crippen LogP contribution in [-0.4, -0.2) is 45.7 Å². The minimum atomic E-state index is -4.61. The number of nitrogens with zero attached hydrogens (tertiary/aromatic N) is 1. The van der Waals surface area contributed by atoms with Crippen LogP contribution in [0.15, 0.2) is 24.4 Å². The lowest BCUT2D eigenvalue weighted by atomic mass is 9.77. The van der Waals surface area contributed by atoms with E-state index in [1.165, 1.54) is 17.7 Å². The van der Waals surface area contributed by atoms with Crippen molar-refractivity contribution >= 4 is 28.6 Å². The number of halogens is 3. The number of carbonyl (C=O) groups is 2. The second kappa shape index (κ2) is 9.48. The lowest BCUT2D eigenvalue weighted by Gasteiger charge is -2.37. The highest BCUT2D eigenvalue weighted by atomic mass is 19.4. The summed E-state index contributed by atoms with van der Waals surface area (Å²) in [6.45, 7) is 6.93. The molecule has 2 aromatic rings. The van der Waals surface area contributed by atoms with E-state index in [4.69, 9.17) is 9.47 Å². The molecule has 0 aliphatic heterocycles. The van der Waals surface area contributed by atoms with Crippen molar-refractivity contribution in [2.75, 3.05) is 11.9 Å². The lowest BCUT2D eigenvalue weighted by molar-refractivity contribution is -0.272. The number of hydrogen-bond acceptors (Lipinski definition) is 5. The van der Waals surface area contributed by atoms with Gasteiger partial charge in [-0.2, -0.15) is 13.2 Å². The van der Waals surface area contributed by atoms with Crippen LogP contribution in [0.1, 0.15) is 59.8 Å². The number of benzene rings is 1. The van der Waals surface area contributed by atoms with E-state index in [-0.39, 0.29) is 37.5 Å². The van der Waals surface area contributed by atoms with Gasteiger partial charge in [-0.3, -0.25) is 9.36 Å².